The van der Waals surface area contributed by atoms with Crippen molar-refractivity contribution in [3.05, 3.63) is 95.3 Å². The second kappa shape index (κ2) is 9.45. The molecule has 2 N–H and O–H groups in total. The molecule has 0 aliphatic carbocycles. The van der Waals surface area contributed by atoms with Crippen LogP contribution in [0.3, 0.4) is 0 Å². The largest absolute Gasteiger partial charge is 0.352 e. The molecule has 0 spiro atoms. The number of nitrogens with zero attached hydrogens (tertiary/aromatic N) is 2. The normalized spacial score (nSPS) is 10.7. The standard InChI is InChI=1S/C24H21ClN4O2/c25-21-7-9-22(10-8-21)29-16-17(15-28-29)14-27-23(30)11-12-26-24(31)20-6-5-18-3-1-2-4-19(18)13-20/h1-10,13,15-16H,11-12,14H2,(H,26,31)(H,27,30). The SMILES string of the molecule is O=C(CCNC(=O)c1ccc2ccccc2c1)NCc1cnn(-c2ccc(Cl)cc2)c1. The predicted molar refractivity (Wildman–Crippen MR) is 121 cm³/mol. The molecule has 3 aromatic carbocycles. The predicted octanol–water partition coefficient (Wildman–Crippen LogP) is 4.12. The quantitative estimate of drug-likeness (QED) is 0.461. The Kier molecular flexibility index (Phi) is 6.29. The Hall–Kier alpha value is -3.64. The average Bonchev–Trinajstić information content (AvgIpc) is 3.27. The lowest BCUT2D eigenvalue weighted by Crippen LogP contribution is -2.30. The summed E-state index contributed by atoms with van der Waals surface area (Å²) in [5.41, 5.74) is 2.34. The van der Waals surface area contributed by atoms with Gasteiger partial charge < -0.3 is 10.6 Å². The van der Waals surface area contributed by atoms with Gasteiger partial charge >= 0.3 is 0 Å². The van der Waals surface area contributed by atoms with Crippen molar-refractivity contribution in [2.24, 2.45) is 0 Å². The van der Waals surface area contributed by atoms with Crippen LogP contribution < -0.4 is 10.6 Å². The number of carbonyl (C=O) groups excluding carboxylic acids is 2. The van der Waals surface area contributed by atoms with Gasteiger partial charge in [0.2, 0.25) is 5.91 Å². The van der Waals surface area contributed by atoms with Crippen molar-refractivity contribution in [3.8, 4) is 5.69 Å². The zero-order valence-corrected chi connectivity index (χ0v) is 17.5. The number of benzene rings is 3. The lowest BCUT2D eigenvalue weighted by atomic mass is 10.1. The molecule has 0 saturated carbocycles. The van der Waals surface area contributed by atoms with Crippen molar-refractivity contribution in [1.82, 2.24) is 20.4 Å². The van der Waals surface area contributed by atoms with Gasteiger partial charge in [-0.25, -0.2) is 4.68 Å². The van der Waals surface area contributed by atoms with Crippen LogP contribution in [0.5, 0.6) is 0 Å². The summed E-state index contributed by atoms with van der Waals surface area (Å²) in [5.74, 6) is -0.333. The lowest BCUT2D eigenvalue weighted by Gasteiger charge is -2.07. The van der Waals surface area contributed by atoms with Gasteiger partial charge in [0.15, 0.2) is 0 Å². The third-order valence-electron chi connectivity index (χ3n) is 4.87. The fraction of sp³-hybridized carbons (Fsp3) is 0.125. The maximum absolute atomic E-state index is 12.3. The molecule has 7 heteroatoms. The average molecular weight is 433 g/mol. The van der Waals surface area contributed by atoms with Crippen molar-refractivity contribution in [1.29, 1.82) is 0 Å². The first-order valence-corrected chi connectivity index (χ1v) is 10.3. The van der Waals surface area contributed by atoms with Crippen LogP contribution in [0.2, 0.25) is 5.02 Å². The summed E-state index contributed by atoms with van der Waals surface area (Å²) in [4.78, 5) is 24.5. The number of hydrogen-bond acceptors (Lipinski definition) is 3. The summed E-state index contributed by atoms with van der Waals surface area (Å²) < 4.78 is 1.72. The van der Waals surface area contributed by atoms with Crippen LogP contribution in [0.4, 0.5) is 0 Å². The number of halogens is 1. The van der Waals surface area contributed by atoms with Crippen LogP contribution in [0.1, 0.15) is 22.3 Å². The second-order valence-corrected chi connectivity index (χ2v) is 7.55. The minimum atomic E-state index is -0.192. The van der Waals surface area contributed by atoms with Crippen molar-refractivity contribution >= 4 is 34.2 Å². The van der Waals surface area contributed by atoms with Crippen molar-refractivity contribution < 1.29 is 9.59 Å². The lowest BCUT2D eigenvalue weighted by molar-refractivity contribution is -0.121. The zero-order chi connectivity index (χ0) is 21.6. The van der Waals surface area contributed by atoms with E-state index in [-0.39, 0.29) is 24.8 Å². The van der Waals surface area contributed by atoms with E-state index in [2.05, 4.69) is 15.7 Å². The first-order chi connectivity index (χ1) is 15.1. The minimum absolute atomic E-state index is 0.141. The number of hydrogen-bond donors (Lipinski definition) is 2. The third-order valence-corrected chi connectivity index (χ3v) is 5.12. The van der Waals surface area contributed by atoms with Gasteiger partial charge in [-0.15, -0.1) is 0 Å². The Bertz CT molecular complexity index is 1220. The summed E-state index contributed by atoms with van der Waals surface area (Å²) in [6.07, 6.45) is 3.76. The summed E-state index contributed by atoms with van der Waals surface area (Å²) in [7, 11) is 0. The molecule has 156 valence electrons. The number of rotatable bonds is 7. The number of nitrogens with one attached hydrogen (secondary N) is 2. The van der Waals surface area contributed by atoms with E-state index in [0.717, 1.165) is 22.0 Å². The van der Waals surface area contributed by atoms with Crippen LogP contribution in [0, 0.1) is 0 Å². The number of amides is 2. The van der Waals surface area contributed by atoms with Crippen LogP contribution >= 0.6 is 11.6 Å². The molecular formula is C24H21ClN4O2. The molecule has 4 aromatic rings. The van der Waals surface area contributed by atoms with E-state index in [1.165, 1.54) is 0 Å². The molecular weight excluding hydrogens is 412 g/mol. The Morgan fingerprint density at radius 2 is 1.71 bits per heavy atom. The van der Waals surface area contributed by atoms with Gasteiger partial charge in [0.05, 0.1) is 11.9 Å². The van der Waals surface area contributed by atoms with Crippen LogP contribution in [0.15, 0.2) is 79.1 Å². The van der Waals surface area contributed by atoms with Crippen molar-refractivity contribution in [2.75, 3.05) is 6.54 Å². The van der Waals surface area contributed by atoms with E-state index in [9.17, 15) is 9.59 Å². The summed E-state index contributed by atoms with van der Waals surface area (Å²) >= 11 is 5.90. The molecule has 0 radical (unpaired) electrons. The molecule has 6 nitrogen and oxygen atoms in total. The van der Waals surface area contributed by atoms with Gasteiger partial charge in [0.25, 0.3) is 5.91 Å². The topological polar surface area (TPSA) is 76.0 Å². The molecule has 0 aliphatic heterocycles. The van der Waals surface area contributed by atoms with Crippen molar-refractivity contribution in [2.45, 2.75) is 13.0 Å². The fourth-order valence-electron chi connectivity index (χ4n) is 3.20. The van der Waals surface area contributed by atoms with E-state index in [4.69, 9.17) is 11.6 Å². The highest BCUT2D eigenvalue weighted by atomic mass is 35.5. The molecule has 0 unspecified atom stereocenters. The minimum Gasteiger partial charge on any atom is -0.352 e. The molecule has 0 atom stereocenters. The van der Waals surface area contributed by atoms with E-state index >= 15 is 0 Å². The Morgan fingerprint density at radius 1 is 0.935 bits per heavy atom. The van der Waals surface area contributed by atoms with Crippen molar-refractivity contribution in [3.63, 3.8) is 0 Å². The summed E-state index contributed by atoms with van der Waals surface area (Å²) in [5, 5.41) is 12.7. The molecule has 2 amide bonds. The van der Waals surface area contributed by atoms with Crippen LogP contribution in [-0.4, -0.2) is 28.1 Å². The van der Waals surface area contributed by atoms with Gasteiger partial charge in [0.1, 0.15) is 0 Å². The van der Waals surface area contributed by atoms with E-state index in [0.29, 0.717) is 17.1 Å². The molecule has 0 bridgehead atoms. The van der Waals surface area contributed by atoms with E-state index in [1.54, 1.807) is 29.1 Å². The molecule has 0 saturated heterocycles. The Labute approximate surface area is 184 Å². The first kappa shape index (κ1) is 20.6. The molecule has 0 fully saturated rings. The highest BCUT2D eigenvalue weighted by Gasteiger charge is 2.08. The summed E-state index contributed by atoms with van der Waals surface area (Å²) in [6.45, 7) is 0.632. The fourth-order valence-corrected chi connectivity index (χ4v) is 3.32. The summed E-state index contributed by atoms with van der Waals surface area (Å²) in [6, 6.07) is 20.8. The Balaban J connectivity index is 1.23. The molecule has 4 rings (SSSR count). The van der Waals surface area contributed by atoms with Gasteiger partial charge in [-0.2, -0.15) is 5.10 Å². The highest BCUT2D eigenvalue weighted by molar-refractivity contribution is 6.30. The van der Waals surface area contributed by atoms with Gasteiger partial charge in [-0.3, -0.25) is 9.59 Å². The van der Waals surface area contributed by atoms with Gasteiger partial charge in [-0.1, -0.05) is 41.9 Å². The molecule has 1 aromatic heterocycles. The maximum atomic E-state index is 12.3. The second-order valence-electron chi connectivity index (χ2n) is 7.11. The first-order valence-electron chi connectivity index (χ1n) is 9.92. The number of aromatic nitrogens is 2. The monoisotopic (exact) mass is 432 g/mol. The molecule has 31 heavy (non-hydrogen) atoms. The number of fused-ring (bicyclic) bond motifs is 1. The zero-order valence-electron chi connectivity index (χ0n) is 16.7. The smallest absolute Gasteiger partial charge is 0.251 e. The van der Waals surface area contributed by atoms with E-state index in [1.807, 2.05) is 54.7 Å². The van der Waals surface area contributed by atoms with Crippen LogP contribution in [0.25, 0.3) is 16.5 Å². The van der Waals surface area contributed by atoms with Crippen LogP contribution in [-0.2, 0) is 11.3 Å². The highest BCUT2D eigenvalue weighted by Crippen LogP contribution is 2.16. The molecule has 0 aliphatic rings. The van der Waals surface area contributed by atoms with Gasteiger partial charge in [-0.05, 0) is 47.2 Å². The number of carbonyl (C=O) groups is 2. The Morgan fingerprint density at radius 3 is 2.52 bits per heavy atom. The third kappa shape index (κ3) is 5.29. The maximum Gasteiger partial charge on any atom is 0.251 e. The van der Waals surface area contributed by atoms with Gasteiger partial charge in [0, 0.05) is 41.9 Å². The molecule has 1 heterocycles. The van der Waals surface area contributed by atoms with E-state index < -0.39 is 0 Å².